The van der Waals surface area contributed by atoms with Gasteiger partial charge in [-0.05, 0) is 0 Å². The van der Waals surface area contributed by atoms with Gasteiger partial charge in [0.2, 0.25) is 0 Å². The third-order valence-corrected chi connectivity index (χ3v) is 4.33. The molecule has 1 fully saturated rings. The first-order valence-corrected chi connectivity index (χ1v) is 6.62. The number of rotatable bonds is 4. The van der Waals surface area contributed by atoms with Crippen molar-refractivity contribution in [1.82, 2.24) is 0 Å². The lowest BCUT2D eigenvalue weighted by atomic mass is 10.1. The van der Waals surface area contributed by atoms with Crippen molar-refractivity contribution in [2.75, 3.05) is 11.5 Å². The molecule has 1 rings (SSSR count). The Morgan fingerprint density at radius 1 is 1.60 bits per heavy atom. The van der Waals surface area contributed by atoms with Gasteiger partial charge in [0, 0.05) is 6.42 Å². The first-order valence-electron chi connectivity index (χ1n) is 4.80. The van der Waals surface area contributed by atoms with Crippen molar-refractivity contribution >= 4 is 15.8 Å². The molecule has 1 aliphatic rings. The van der Waals surface area contributed by atoms with Crippen LogP contribution < -0.4 is 10.4 Å². The molecule has 0 saturated carbocycles. The SMILES string of the molecule is CC[C@H]([NH2+][C@H]1CS(=O)(=O)C[C@@H]1O)C(=O)[O-]. The molecule has 15 heavy (non-hydrogen) atoms. The average Bonchev–Trinajstić information content (AvgIpc) is 2.34. The number of carboxylic acids is 1. The van der Waals surface area contributed by atoms with Crippen LogP contribution in [0.4, 0.5) is 0 Å². The number of carbonyl (C=O) groups is 1. The van der Waals surface area contributed by atoms with Gasteiger partial charge in [-0.15, -0.1) is 0 Å². The number of sulfone groups is 1. The van der Waals surface area contributed by atoms with E-state index in [4.69, 9.17) is 0 Å². The van der Waals surface area contributed by atoms with Gasteiger partial charge in [-0.3, -0.25) is 0 Å². The Balaban J connectivity index is 2.63. The van der Waals surface area contributed by atoms with Gasteiger partial charge in [0.1, 0.15) is 23.9 Å². The van der Waals surface area contributed by atoms with Gasteiger partial charge in [-0.2, -0.15) is 0 Å². The zero-order valence-electron chi connectivity index (χ0n) is 8.42. The zero-order chi connectivity index (χ0) is 11.6. The molecule has 0 aromatic carbocycles. The summed E-state index contributed by atoms with van der Waals surface area (Å²) in [6.07, 6.45) is -0.644. The summed E-state index contributed by atoms with van der Waals surface area (Å²) in [6, 6.07) is -1.38. The summed E-state index contributed by atoms with van der Waals surface area (Å²) in [7, 11) is -3.22. The summed E-state index contributed by atoms with van der Waals surface area (Å²) in [5, 5.41) is 21.4. The number of nitrogens with two attached hydrogens (primary N) is 1. The molecular weight excluding hydrogens is 222 g/mol. The van der Waals surface area contributed by atoms with Gasteiger partial charge in [-0.25, -0.2) is 8.42 Å². The van der Waals surface area contributed by atoms with Crippen molar-refractivity contribution in [2.45, 2.75) is 31.5 Å². The predicted molar refractivity (Wildman–Crippen MR) is 49.5 cm³/mol. The fourth-order valence-electron chi connectivity index (χ4n) is 1.72. The molecule has 1 aliphatic heterocycles. The van der Waals surface area contributed by atoms with Crippen molar-refractivity contribution in [3.63, 3.8) is 0 Å². The Bertz CT molecular complexity index is 339. The van der Waals surface area contributed by atoms with Crippen LogP contribution in [0.5, 0.6) is 0 Å². The second-order valence-corrected chi connectivity index (χ2v) is 5.99. The Hall–Kier alpha value is -0.660. The van der Waals surface area contributed by atoms with E-state index in [9.17, 15) is 23.4 Å². The molecule has 1 heterocycles. The second-order valence-electron chi connectivity index (χ2n) is 3.83. The molecular formula is C8H15NO5S. The van der Waals surface area contributed by atoms with Gasteiger partial charge >= 0.3 is 0 Å². The second kappa shape index (κ2) is 4.46. The lowest BCUT2D eigenvalue weighted by Crippen LogP contribution is -2.99. The first kappa shape index (κ1) is 12.4. The van der Waals surface area contributed by atoms with E-state index in [0.717, 1.165) is 0 Å². The summed E-state index contributed by atoms with van der Waals surface area (Å²) in [5.74, 6) is -1.68. The third kappa shape index (κ3) is 3.15. The van der Waals surface area contributed by atoms with Crippen LogP contribution in [-0.4, -0.2) is 49.2 Å². The fourth-order valence-corrected chi connectivity index (χ4v) is 3.54. The Labute approximate surface area is 88.2 Å². The highest BCUT2D eigenvalue weighted by atomic mass is 32.2. The molecule has 6 nitrogen and oxygen atoms in total. The van der Waals surface area contributed by atoms with E-state index in [2.05, 4.69) is 0 Å². The van der Waals surface area contributed by atoms with Crippen LogP contribution in [0, 0.1) is 0 Å². The molecule has 3 atom stereocenters. The number of aliphatic hydroxyl groups is 1. The molecule has 0 aromatic rings. The number of carboxylic acid groups (broad SMARTS) is 1. The van der Waals surface area contributed by atoms with Crippen LogP contribution in [0.3, 0.4) is 0 Å². The molecule has 3 N–H and O–H groups in total. The number of aliphatic hydroxyl groups excluding tert-OH is 1. The Kier molecular flexibility index (Phi) is 3.69. The minimum atomic E-state index is -3.22. The average molecular weight is 237 g/mol. The van der Waals surface area contributed by atoms with E-state index in [-0.39, 0.29) is 11.5 Å². The number of aliphatic carboxylic acids is 1. The highest BCUT2D eigenvalue weighted by Gasteiger charge is 2.40. The van der Waals surface area contributed by atoms with E-state index < -0.39 is 34.0 Å². The van der Waals surface area contributed by atoms with Crippen LogP contribution >= 0.6 is 0 Å². The minimum absolute atomic E-state index is 0.169. The minimum Gasteiger partial charge on any atom is -0.544 e. The molecule has 1 saturated heterocycles. The van der Waals surface area contributed by atoms with Crippen LogP contribution in [0.25, 0.3) is 0 Å². The van der Waals surface area contributed by atoms with E-state index in [1.165, 1.54) is 5.32 Å². The highest BCUT2D eigenvalue weighted by molar-refractivity contribution is 7.91. The molecule has 0 amide bonds. The maximum Gasteiger partial charge on any atom is 0.159 e. The number of carbonyl (C=O) groups excluding carboxylic acids is 1. The van der Waals surface area contributed by atoms with Crippen molar-refractivity contribution < 1.29 is 28.7 Å². The predicted octanol–water partition coefficient (Wildman–Crippen LogP) is -3.76. The monoisotopic (exact) mass is 237 g/mol. The van der Waals surface area contributed by atoms with Gasteiger partial charge in [0.15, 0.2) is 9.84 Å². The van der Waals surface area contributed by atoms with E-state index >= 15 is 0 Å². The maximum absolute atomic E-state index is 11.1. The molecule has 0 spiro atoms. The first-order chi connectivity index (χ1) is 6.85. The molecule has 0 aromatic heterocycles. The fraction of sp³-hybridized carbons (Fsp3) is 0.875. The lowest BCUT2D eigenvalue weighted by Gasteiger charge is -2.20. The highest BCUT2D eigenvalue weighted by Crippen LogP contribution is 2.09. The number of hydrogen-bond acceptors (Lipinski definition) is 5. The smallest absolute Gasteiger partial charge is 0.159 e. The summed E-state index contributed by atoms with van der Waals surface area (Å²) >= 11 is 0. The number of hydrogen-bond donors (Lipinski definition) is 2. The molecule has 0 bridgehead atoms. The molecule has 88 valence electrons. The van der Waals surface area contributed by atoms with Crippen LogP contribution in [0.1, 0.15) is 13.3 Å². The van der Waals surface area contributed by atoms with E-state index in [1.54, 1.807) is 6.92 Å². The summed E-state index contributed by atoms with van der Waals surface area (Å²) in [6.45, 7) is 1.67. The quantitative estimate of drug-likeness (QED) is 0.521. The van der Waals surface area contributed by atoms with Crippen LogP contribution in [0.2, 0.25) is 0 Å². The van der Waals surface area contributed by atoms with Crippen molar-refractivity contribution in [2.24, 2.45) is 0 Å². The molecule has 0 aliphatic carbocycles. The van der Waals surface area contributed by atoms with E-state index in [1.807, 2.05) is 0 Å². The zero-order valence-corrected chi connectivity index (χ0v) is 9.24. The topological polar surface area (TPSA) is 111 Å². The molecule has 7 heteroatoms. The van der Waals surface area contributed by atoms with E-state index in [0.29, 0.717) is 6.42 Å². The van der Waals surface area contributed by atoms with Crippen LogP contribution in [-0.2, 0) is 14.6 Å². The van der Waals surface area contributed by atoms with Crippen molar-refractivity contribution in [1.29, 1.82) is 0 Å². The van der Waals surface area contributed by atoms with Gasteiger partial charge < -0.3 is 20.3 Å². The summed E-state index contributed by atoms with van der Waals surface area (Å²) in [5.41, 5.74) is 0. The van der Waals surface area contributed by atoms with Crippen molar-refractivity contribution in [3.05, 3.63) is 0 Å². The molecule has 0 radical (unpaired) electrons. The third-order valence-electron chi connectivity index (χ3n) is 2.59. The van der Waals surface area contributed by atoms with Gasteiger partial charge in [0.25, 0.3) is 0 Å². The summed E-state index contributed by atoms with van der Waals surface area (Å²) < 4.78 is 22.3. The number of quaternary nitrogens is 1. The standard InChI is InChI=1S/C8H15NO5S/c1-2-5(8(11)12)9-6-3-15(13,14)4-7(6)10/h5-7,9-10H,2-4H2,1H3,(H,11,12)/t5-,6-,7-/m0/s1. The van der Waals surface area contributed by atoms with Crippen molar-refractivity contribution in [3.8, 4) is 0 Å². The molecule has 0 unspecified atom stereocenters. The normalized spacial score (nSPS) is 31.3. The Morgan fingerprint density at radius 2 is 2.20 bits per heavy atom. The largest absolute Gasteiger partial charge is 0.544 e. The lowest BCUT2D eigenvalue weighted by molar-refractivity contribution is -0.716. The van der Waals surface area contributed by atoms with Crippen LogP contribution in [0.15, 0.2) is 0 Å². The van der Waals surface area contributed by atoms with Gasteiger partial charge in [0.05, 0.1) is 11.7 Å². The summed E-state index contributed by atoms with van der Waals surface area (Å²) in [4.78, 5) is 10.6. The van der Waals surface area contributed by atoms with Gasteiger partial charge in [-0.1, -0.05) is 6.92 Å². The maximum atomic E-state index is 11.1. The Morgan fingerprint density at radius 3 is 2.53 bits per heavy atom.